The molecule has 0 aliphatic heterocycles. The molecule has 3 N–H and O–H groups in total. The predicted molar refractivity (Wildman–Crippen MR) is 77.7 cm³/mol. The van der Waals surface area contributed by atoms with Crippen LogP contribution in [0.5, 0.6) is 0 Å². The van der Waals surface area contributed by atoms with Gasteiger partial charge in [-0.2, -0.15) is 0 Å². The Morgan fingerprint density at radius 2 is 1.90 bits per heavy atom. The summed E-state index contributed by atoms with van der Waals surface area (Å²) in [6.45, 7) is 0. The average molecular weight is 317 g/mol. The number of benzene rings is 1. The molecule has 20 heavy (non-hydrogen) atoms. The molecule has 0 fully saturated rings. The third kappa shape index (κ3) is 3.94. The monoisotopic (exact) mass is 317 g/mol. The van der Waals surface area contributed by atoms with Crippen LogP contribution in [0.3, 0.4) is 0 Å². The molecule has 110 valence electrons. The van der Waals surface area contributed by atoms with Crippen molar-refractivity contribution in [1.29, 1.82) is 0 Å². The minimum Gasteiger partial charge on any atom is -0.399 e. The largest absolute Gasteiger partial charge is 0.399 e. The second kappa shape index (κ2) is 5.06. The lowest BCUT2D eigenvalue weighted by atomic mass is 10.3. The Kier molecular flexibility index (Phi) is 3.74. The van der Waals surface area contributed by atoms with Crippen molar-refractivity contribution in [3.05, 3.63) is 24.0 Å². The number of nitrogens with two attached hydrogens (primary N) is 1. The Hall–Kier alpha value is -1.61. The maximum Gasteiger partial charge on any atom is 0.158 e. The van der Waals surface area contributed by atoms with Gasteiger partial charge in [0.1, 0.15) is 21.4 Å². The first-order valence-electron chi connectivity index (χ1n) is 5.77. The highest BCUT2D eigenvalue weighted by Gasteiger charge is 2.17. The number of H-pyrrole nitrogens is 1. The third-order valence-corrected chi connectivity index (χ3v) is 5.42. The summed E-state index contributed by atoms with van der Waals surface area (Å²) in [5.41, 5.74) is 7.44. The zero-order valence-corrected chi connectivity index (χ0v) is 12.5. The summed E-state index contributed by atoms with van der Waals surface area (Å²) in [5.74, 6) is -0.843. The van der Waals surface area contributed by atoms with Crippen molar-refractivity contribution < 1.29 is 16.8 Å². The van der Waals surface area contributed by atoms with Crippen molar-refractivity contribution in [2.45, 2.75) is 5.75 Å². The number of anilines is 1. The third-order valence-electron chi connectivity index (χ3n) is 2.68. The van der Waals surface area contributed by atoms with E-state index < -0.39 is 25.4 Å². The summed E-state index contributed by atoms with van der Waals surface area (Å²) in [4.78, 5) is 7.01. The zero-order valence-electron chi connectivity index (χ0n) is 10.8. The molecule has 1 aromatic heterocycles. The molecule has 7 nitrogen and oxygen atoms in total. The number of sulfone groups is 2. The number of hydrogen-bond acceptors (Lipinski definition) is 6. The fraction of sp³-hybridized carbons (Fsp3) is 0.364. The number of rotatable bonds is 5. The van der Waals surface area contributed by atoms with E-state index in [4.69, 9.17) is 5.73 Å². The van der Waals surface area contributed by atoms with E-state index in [-0.39, 0.29) is 17.3 Å². The smallest absolute Gasteiger partial charge is 0.158 e. The number of nitrogens with one attached hydrogen (secondary N) is 1. The van der Waals surface area contributed by atoms with Crippen LogP contribution in [0.25, 0.3) is 11.0 Å². The van der Waals surface area contributed by atoms with E-state index in [0.29, 0.717) is 16.7 Å². The van der Waals surface area contributed by atoms with Crippen molar-refractivity contribution >= 4 is 36.4 Å². The molecule has 0 radical (unpaired) electrons. The first-order valence-corrected chi connectivity index (χ1v) is 9.65. The fourth-order valence-electron chi connectivity index (χ4n) is 1.71. The summed E-state index contributed by atoms with van der Waals surface area (Å²) >= 11 is 0. The van der Waals surface area contributed by atoms with Gasteiger partial charge in [0.2, 0.25) is 0 Å². The quantitative estimate of drug-likeness (QED) is 0.754. The summed E-state index contributed by atoms with van der Waals surface area (Å²) < 4.78 is 45.7. The molecule has 0 saturated heterocycles. The summed E-state index contributed by atoms with van der Waals surface area (Å²) in [5, 5.41) is 0. The van der Waals surface area contributed by atoms with Crippen LogP contribution in [0.4, 0.5) is 5.69 Å². The Morgan fingerprint density at radius 1 is 1.20 bits per heavy atom. The molecular weight excluding hydrogens is 302 g/mol. The van der Waals surface area contributed by atoms with E-state index in [9.17, 15) is 16.8 Å². The molecule has 0 unspecified atom stereocenters. The number of hydrogen-bond donors (Lipinski definition) is 2. The van der Waals surface area contributed by atoms with Gasteiger partial charge in [-0.3, -0.25) is 0 Å². The highest BCUT2D eigenvalue weighted by Crippen LogP contribution is 2.16. The number of imidazole rings is 1. The number of nitrogen functional groups attached to an aromatic ring is 1. The van der Waals surface area contributed by atoms with Crippen molar-refractivity contribution in [3.63, 3.8) is 0 Å². The first kappa shape index (κ1) is 14.8. The number of aromatic amines is 1. The minimum atomic E-state index is -3.53. The molecule has 1 aromatic carbocycles. The van der Waals surface area contributed by atoms with Crippen LogP contribution in [0.2, 0.25) is 0 Å². The van der Waals surface area contributed by atoms with Crippen molar-refractivity contribution in [2.24, 2.45) is 0 Å². The first-order chi connectivity index (χ1) is 9.15. The van der Waals surface area contributed by atoms with Gasteiger partial charge in [-0.15, -0.1) is 0 Å². The Balaban J connectivity index is 2.19. The molecule has 0 aliphatic carbocycles. The topological polar surface area (TPSA) is 123 Å². The molecule has 0 amide bonds. The van der Waals surface area contributed by atoms with Crippen LogP contribution in [-0.2, 0) is 25.4 Å². The van der Waals surface area contributed by atoms with Crippen molar-refractivity contribution in [3.8, 4) is 0 Å². The van der Waals surface area contributed by atoms with E-state index in [1.165, 1.54) is 0 Å². The summed E-state index contributed by atoms with van der Waals surface area (Å²) in [6.07, 6.45) is 1.01. The molecule has 0 aliphatic rings. The Bertz CT molecular complexity index is 838. The van der Waals surface area contributed by atoms with Gasteiger partial charge >= 0.3 is 0 Å². The molecule has 2 rings (SSSR count). The lowest BCUT2D eigenvalue weighted by Crippen LogP contribution is -2.18. The van der Waals surface area contributed by atoms with Crippen LogP contribution in [0.15, 0.2) is 18.2 Å². The maximum atomic E-state index is 11.8. The average Bonchev–Trinajstić information content (AvgIpc) is 2.66. The Labute approximate surface area is 117 Å². The van der Waals surface area contributed by atoms with Crippen LogP contribution in [0, 0.1) is 0 Å². The van der Waals surface area contributed by atoms with Crippen molar-refractivity contribution in [1.82, 2.24) is 9.97 Å². The van der Waals surface area contributed by atoms with E-state index >= 15 is 0 Å². The predicted octanol–water partition coefficient (Wildman–Crippen LogP) is 0.104. The number of aromatic nitrogens is 2. The molecule has 9 heteroatoms. The molecule has 2 aromatic rings. The van der Waals surface area contributed by atoms with Crippen LogP contribution in [-0.4, -0.2) is 44.6 Å². The van der Waals surface area contributed by atoms with Gasteiger partial charge in [-0.25, -0.2) is 21.8 Å². The lowest BCUT2D eigenvalue weighted by Gasteiger charge is -2.01. The maximum absolute atomic E-state index is 11.8. The molecule has 0 bridgehead atoms. The van der Waals surface area contributed by atoms with Gasteiger partial charge in [0.15, 0.2) is 9.84 Å². The standard InChI is InChI=1S/C11H15N3O4S2/c1-19(15,16)4-5-20(17,18)7-11-13-9-3-2-8(12)6-10(9)14-11/h2-3,6H,4-5,7,12H2,1H3,(H,13,14). The molecule has 0 atom stereocenters. The SMILES string of the molecule is CS(=O)(=O)CCS(=O)(=O)Cc1nc2ccc(N)cc2[nH]1. The van der Waals surface area contributed by atoms with E-state index in [1.807, 2.05) is 0 Å². The second-order valence-electron chi connectivity index (χ2n) is 4.68. The summed E-state index contributed by atoms with van der Waals surface area (Å²) in [6, 6.07) is 5.02. The Morgan fingerprint density at radius 3 is 2.55 bits per heavy atom. The van der Waals surface area contributed by atoms with E-state index in [0.717, 1.165) is 6.26 Å². The van der Waals surface area contributed by atoms with Gasteiger partial charge in [-0.1, -0.05) is 0 Å². The lowest BCUT2D eigenvalue weighted by molar-refractivity contribution is 0.589. The van der Waals surface area contributed by atoms with Gasteiger partial charge in [0.05, 0.1) is 22.5 Å². The van der Waals surface area contributed by atoms with E-state index in [2.05, 4.69) is 9.97 Å². The van der Waals surface area contributed by atoms with Crippen LogP contribution in [0.1, 0.15) is 5.82 Å². The van der Waals surface area contributed by atoms with Gasteiger partial charge < -0.3 is 10.7 Å². The molecular formula is C11H15N3O4S2. The zero-order chi connectivity index (χ0) is 15.0. The van der Waals surface area contributed by atoms with Crippen LogP contribution >= 0.6 is 0 Å². The van der Waals surface area contributed by atoms with Crippen LogP contribution < -0.4 is 5.73 Å². The second-order valence-corrected chi connectivity index (χ2v) is 9.13. The number of nitrogens with zero attached hydrogens (tertiary/aromatic N) is 1. The molecule has 0 saturated carbocycles. The van der Waals surface area contributed by atoms with E-state index in [1.54, 1.807) is 18.2 Å². The highest BCUT2D eigenvalue weighted by molar-refractivity contribution is 7.94. The summed E-state index contributed by atoms with van der Waals surface area (Å²) in [7, 11) is -6.84. The minimum absolute atomic E-state index is 0.277. The number of fused-ring (bicyclic) bond motifs is 1. The van der Waals surface area contributed by atoms with Gasteiger partial charge in [0.25, 0.3) is 0 Å². The normalized spacial score (nSPS) is 12.8. The van der Waals surface area contributed by atoms with Gasteiger partial charge in [-0.05, 0) is 18.2 Å². The van der Waals surface area contributed by atoms with Crippen molar-refractivity contribution in [2.75, 3.05) is 23.5 Å². The van der Waals surface area contributed by atoms with Gasteiger partial charge in [0, 0.05) is 11.9 Å². The fourth-order valence-corrected chi connectivity index (χ4v) is 4.63. The molecule has 0 spiro atoms. The highest BCUT2D eigenvalue weighted by atomic mass is 32.2. The molecule has 1 heterocycles.